The molecule has 2 saturated carbocycles. The predicted molar refractivity (Wildman–Crippen MR) is 162 cm³/mol. The molecule has 0 amide bonds. The van der Waals surface area contributed by atoms with Crippen LogP contribution in [0.5, 0.6) is 0 Å². The van der Waals surface area contributed by atoms with E-state index in [1.54, 1.807) is 6.92 Å². The van der Waals surface area contributed by atoms with Gasteiger partial charge in [-0.15, -0.1) is 0 Å². The maximum Gasteiger partial charge on any atom is 0.351 e. The number of aliphatic hydroxyl groups is 1. The Morgan fingerprint density at radius 1 is 1.09 bits per heavy atom. The predicted octanol–water partition coefficient (Wildman–Crippen LogP) is 3.03. The summed E-state index contributed by atoms with van der Waals surface area (Å²) in [5, 5.41) is 16.3. The molecule has 1 aromatic rings. The molecule has 1 aliphatic heterocycles. The third kappa shape index (κ3) is 8.89. The molecule has 0 spiro atoms. The highest BCUT2D eigenvalue weighted by atomic mass is 31.2. The first kappa shape index (κ1) is 35.4. The number of ether oxygens (including phenoxy) is 3. The molecular weight excluding hydrogens is 612 g/mol. The van der Waals surface area contributed by atoms with Crippen molar-refractivity contribution in [2.45, 2.75) is 140 Å². The number of nitrogens with two attached hydrogens (primary N) is 1. The lowest BCUT2D eigenvalue weighted by Gasteiger charge is -2.34. The Kier molecular flexibility index (Phi) is 12.2. The van der Waals surface area contributed by atoms with E-state index in [-0.39, 0.29) is 24.4 Å². The number of carbonyl (C=O) groups excluding carboxylic acids is 2. The lowest BCUT2D eigenvalue weighted by molar-refractivity contribution is -0.152. The molecule has 0 radical (unpaired) electrons. The Labute approximate surface area is 262 Å². The molecule has 4 rings (SSSR count). The second kappa shape index (κ2) is 15.4. The number of alkyl halides is 1. The zero-order valence-corrected chi connectivity index (χ0v) is 27.1. The minimum Gasteiger partial charge on any atom is -0.461 e. The maximum atomic E-state index is 15.5. The minimum atomic E-state index is -4.32. The quantitative estimate of drug-likeness (QED) is 0.179. The number of hydrogen-bond acceptors (Lipinski definition) is 11. The molecule has 0 unspecified atom stereocenters. The molecule has 16 heteroatoms. The molecule has 2 aliphatic carbocycles. The Morgan fingerprint density at radius 3 is 2.07 bits per heavy atom. The van der Waals surface area contributed by atoms with Gasteiger partial charge >= 0.3 is 25.3 Å². The fraction of sp³-hybridized carbons (Fsp3) is 0.793. The van der Waals surface area contributed by atoms with Crippen molar-refractivity contribution in [3.05, 3.63) is 22.7 Å². The van der Waals surface area contributed by atoms with Crippen LogP contribution in [0, 0.1) is 0 Å². The fourth-order valence-electron chi connectivity index (χ4n) is 5.99. The number of aromatic nitrogens is 2. The largest absolute Gasteiger partial charge is 0.461 e. The summed E-state index contributed by atoms with van der Waals surface area (Å²) in [7, 11) is -4.32. The van der Waals surface area contributed by atoms with Crippen LogP contribution in [0.1, 0.15) is 97.6 Å². The van der Waals surface area contributed by atoms with E-state index >= 15 is 4.39 Å². The van der Waals surface area contributed by atoms with Crippen LogP contribution in [-0.4, -0.2) is 75.4 Å². The molecule has 5 N–H and O–H groups in total. The average molecular weight is 660 g/mol. The number of rotatable bonds is 13. The standard InChI is InChI=1S/C29H47FN5O9P/c1-4-29(24(36)23(30)25(44-29)35-16-15-22(31)32-28(35)39)17-41-45(40,33-18(2)26(37)42-20-11-7-5-8-12-20)34-19(3)27(38)43-21-13-9-6-10-14-21/h15-16,18-21,23-25,36H,4-14,17H2,1-3H3,(H2,31,32,39)(H2,33,34,40)/t18-,19-,23+,24-,25+,29+/m0/s1. The van der Waals surface area contributed by atoms with Crippen LogP contribution in [0.2, 0.25) is 0 Å². The van der Waals surface area contributed by atoms with Crippen molar-refractivity contribution in [3.8, 4) is 0 Å². The summed E-state index contributed by atoms with van der Waals surface area (Å²) < 4.78 is 53.6. The molecule has 6 atom stereocenters. The van der Waals surface area contributed by atoms with Crippen LogP contribution in [0.15, 0.2) is 17.1 Å². The first-order chi connectivity index (χ1) is 21.4. The van der Waals surface area contributed by atoms with Crippen molar-refractivity contribution < 1.29 is 42.4 Å². The van der Waals surface area contributed by atoms with Crippen LogP contribution in [-0.2, 0) is 32.9 Å². The number of nitrogens with one attached hydrogen (secondary N) is 2. The van der Waals surface area contributed by atoms with Crippen molar-refractivity contribution in [1.29, 1.82) is 0 Å². The lowest BCUT2D eigenvalue weighted by atomic mass is 9.94. The van der Waals surface area contributed by atoms with Gasteiger partial charge in [0.05, 0.1) is 6.61 Å². The second-order valence-corrected chi connectivity index (χ2v) is 14.2. The lowest BCUT2D eigenvalue weighted by Crippen LogP contribution is -2.48. The van der Waals surface area contributed by atoms with E-state index in [1.807, 2.05) is 0 Å². The van der Waals surface area contributed by atoms with Crippen LogP contribution < -0.4 is 21.6 Å². The van der Waals surface area contributed by atoms with E-state index in [0.717, 1.165) is 68.8 Å². The molecule has 14 nitrogen and oxygen atoms in total. The van der Waals surface area contributed by atoms with Crippen LogP contribution in [0.4, 0.5) is 10.2 Å². The zero-order chi connectivity index (χ0) is 32.8. The zero-order valence-electron chi connectivity index (χ0n) is 26.2. The van der Waals surface area contributed by atoms with E-state index in [1.165, 1.54) is 26.1 Å². The van der Waals surface area contributed by atoms with Gasteiger partial charge in [-0.2, -0.15) is 4.98 Å². The van der Waals surface area contributed by atoms with Gasteiger partial charge in [-0.3, -0.25) is 18.7 Å². The molecule has 1 aromatic heterocycles. The van der Waals surface area contributed by atoms with Gasteiger partial charge in [0.1, 0.15) is 41.8 Å². The molecular formula is C29H47FN5O9P. The first-order valence-electron chi connectivity index (χ1n) is 15.9. The van der Waals surface area contributed by atoms with Crippen molar-refractivity contribution in [3.63, 3.8) is 0 Å². The molecule has 3 aliphatic rings. The third-order valence-corrected chi connectivity index (χ3v) is 10.7. The van der Waals surface area contributed by atoms with E-state index in [2.05, 4.69) is 15.2 Å². The monoisotopic (exact) mass is 659 g/mol. The van der Waals surface area contributed by atoms with E-state index < -0.39 is 68.1 Å². The molecule has 45 heavy (non-hydrogen) atoms. The van der Waals surface area contributed by atoms with Crippen molar-refractivity contribution in [2.24, 2.45) is 0 Å². The minimum absolute atomic E-state index is 0.0131. The summed E-state index contributed by atoms with van der Waals surface area (Å²) >= 11 is 0. The van der Waals surface area contributed by atoms with Gasteiger partial charge in [0.25, 0.3) is 0 Å². The van der Waals surface area contributed by atoms with Crippen LogP contribution in [0.3, 0.4) is 0 Å². The number of nitrogen functional groups attached to an aromatic ring is 1. The van der Waals surface area contributed by atoms with E-state index in [0.29, 0.717) is 0 Å². The summed E-state index contributed by atoms with van der Waals surface area (Å²) in [5.41, 5.74) is 2.91. The average Bonchev–Trinajstić information content (AvgIpc) is 3.26. The summed E-state index contributed by atoms with van der Waals surface area (Å²) in [6.45, 7) is 3.88. The third-order valence-electron chi connectivity index (χ3n) is 8.79. The van der Waals surface area contributed by atoms with Crippen molar-refractivity contribution in [2.75, 3.05) is 12.3 Å². The Balaban J connectivity index is 1.51. The van der Waals surface area contributed by atoms with Crippen LogP contribution >= 0.6 is 7.67 Å². The van der Waals surface area contributed by atoms with Gasteiger partial charge in [-0.25, -0.2) is 19.4 Å². The number of carbonyl (C=O) groups is 2. The Morgan fingerprint density at radius 2 is 1.60 bits per heavy atom. The van der Waals surface area contributed by atoms with Gasteiger partial charge in [-0.05, 0) is 77.7 Å². The molecule has 3 fully saturated rings. The Bertz CT molecular complexity index is 1230. The highest BCUT2D eigenvalue weighted by molar-refractivity contribution is 7.54. The van der Waals surface area contributed by atoms with E-state index in [9.17, 15) is 24.1 Å². The number of halogens is 1. The summed E-state index contributed by atoms with van der Waals surface area (Å²) in [6, 6.07) is -0.963. The molecule has 2 heterocycles. The number of aliphatic hydroxyl groups excluding tert-OH is 1. The molecule has 0 bridgehead atoms. The SMILES string of the molecule is CC[C@]1(COP(=O)(N[C@@H](C)C(=O)OC2CCCCC2)N[C@@H](C)C(=O)OC2CCCCC2)O[C@@H](n2ccc(N)nc2=O)[C@H](F)[C@@H]1O. The maximum absolute atomic E-state index is 15.5. The fourth-order valence-corrected chi connectivity index (χ4v) is 7.85. The Hall–Kier alpha value is -2.42. The van der Waals surface area contributed by atoms with Crippen molar-refractivity contribution >= 4 is 25.4 Å². The summed E-state index contributed by atoms with van der Waals surface area (Å²) in [4.78, 5) is 41.9. The summed E-state index contributed by atoms with van der Waals surface area (Å²) in [5.74, 6) is -1.36. The summed E-state index contributed by atoms with van der Waals surface area (Å²) in [6.07, 6.45) is 4.12. The molecule has 254 valence electrons. The smallest absolute Gasteiger partial charge is 0.351 e. The number of anilines is 1. The molecule has 1 saturated heterocycles. The van der Waals surface area contributed by atoms with Gasteiger partial charge in [0.15, 0.2) is 12.4 Å². The van der Waals surface area contributed by atoms with E-state index in [4.69, 9.17) is 24.5 Å². The van der Waals surface area contributed by atoms with Gasteiger partial charge < -0.3 is 29.6 Å². The van der Waals surface area contributed by atoms with Crippen molar-refractivity contribution in [1.82, 2.24) is 19.7 Å². The first-order valence-corrected chi connectivity index (χ1v) is 17.5. The highest BCUT2D eigenvalue weighted by Crippen LogP contribution is 2.46. The normalized spacial score (nSPS) is 28.0. The number of nitrogens with zero attached hydrogens (tertiary/aromatic N) is 2. The van der Waals surface area contributed by atoms with Gasteiger partial charge in [0, 0.05) is 6.20 Å². The van der Waals surface area contributed by atoms with Gasteiger partial charge in [0.2, 0.25) is 0 Å². The highest BCUT2D eigenvalue weighted by Gasteiger charge is 2.56. The van der Waals surface area contributed by atoms with Crippen LogP contribution in [0.25, 0.3) is 0 Å². The molecule has 0 aromatic carbocycles. The number of esters is 2. The van der Waals surface area contributed by atoms with Gasteiger partial charge in [-0.1, -0.05) is 19.8 Å². The topological polar surface area (TPSA) is 193 Å². The second-order valence-electron chi connectivity index (χ2n) is 12.3. The number of hydrogen-bond donors (Lipinski definition) is 4.